The van der Waals surface area contributed by atoms with E-state index >= 15 is 0 Å². The van der Waals surface area contributed by atoms with E-state index in [9.17, 15) is 17.6 Å². The first-order chi connectivity index (χ1) is 11.6. The third-order valence-corrected chi connectivity index (χ3v) is 4.07. The van der Waals surface area contributed by atoms with Crippen LogP contribution in [0.5, 0.6) is 0 Å². The van der Waals surface area contributed by atoms with Gasteiger partial charge in [-0.05, 0) is 23.8 Å². The van der Waals surface area contributed by atoms with E-state index in [-0.39, 0.29) is 16.4 Å². The third-order valence-electron chi connectivity index (χ3n) is 3.37. The molecule has 0 aliphatic rings. The normalized spacial score (nSPS) is 10.9. The first-order valence-corrected chi connectivity index (χ1v) is 8.15. The van der Waals surface area contributed by atoms with Crippen molar-refractivity contribution in [3.05, 3.63) is 71.6 Å². The second-order valence-electron chi connectivity index (χ2n) is 4.97. The lowest BCUT2D eigenvalue weighted by Crippen LogP contribution is -2.06. The maximum Gasteiger partial charge on any atom is 0.214 e. The smallest absolute Gasteiger partial charge is 0.214 e. The minimum absolute atomic E-state index is 0.0298. The van der Waals surface area contributed by atoms with Gasteiger partial charge in [0.05, 0.1) is 4.90 Å². The van der Waals surface area contributed by atoms with E-state index in [1.165, 1.54) is 16.8 Å². The van der Waals surface area contributed by atoms with E-state index in [1.807, 2.05) is 30.3 Å². The average Bonchev–Trinajstić information content (AvgIpc) is 2.98. The lowest BCUT2D eigenvalue weighted by atomic mass is 10.1. The number of carbonyl (C=O) groups is 1. The summed E-state index contributed by atoms with van der Waals surface area (Å²) < 4.78 is 37.4. The Kier molecular flexibility index (Phi) is 4.48. The Balaban J connectivity index is 2.07. The zero-order valence-corrected chi connectivity index (χ0v) is 13.2. The van der Waals surface area contributed by atoms with E-state index in [4.69, 9.17) is 0 Å². The first kappa shape index (κ1) is 16.0. The van der Waals surface area contributed by atoms with E-state index in [0.717, 1.165) is 11.6 Å². The van der Waals surface area contributed by atoms with Gasteiger partial charge in [0, 0.05) is 6.42 Å². The van der Waals surface area contributed by atoms with Crippen LogP contribution in [0.1, 0.15) is 22.0 Å². The summed E-state index contributed by atoms with van der Waals surface area (Å²) in [5.41, 5.74) is 0.949. The molecule has 122 valence electrons. The largest absolute Gasteiger partial charge is 0.294 e. The molecule has 1 heterocycles. The molecule has 0 saturated carbocycles. The van der Waals surface area contributed by atoms with Crippen molar-refractivity contribution in [1.82, 2.24) is 14.8 Å². The molecule has 0 unspecified atom stereocenters. The Morgan fingerprint density at radius 2 is 1.88 bits per heavy atom. The van der Waals surface area contributed by atoms with E-state index in [1.54, 1.807) is 0 Å². The minimum Gasteiger partial charge on any atom is -0.294 e. The molecule has 8 heteroatoms. The van der Waals surface area contributed by atoms with Crippen molar-refractivity contribution >= 4 is 17.0 Å². The average molecular weight is 345 g/mol. The van der Waals surface area contributed by atoms with Gasteiger partial charge in [-0.1, -0.05) is 30.3 Å². The van der Waals surface area contributed by atoms with Gasteiger partial charge in [-0.2, -0.15) is 0 Å². The molecule has 24 heavy (non-hydrogen) atoms. The zero-order valence-electron chi connectivity index (χ0n) is 12.3. The van der Waals surface area contributed by atoms with Crippen LogP contribution in [-0.4, -0.2) is 29.5 Å². The molecule has 6 nitrogen and oxygen atoms in total. The Bertz CT molecular complexity index is 960. The number of hydrogen-bond acceptors (Lipinski definition) is 5. The first-order valence-electron chi connectivity index (χ1n) is 6.98. The van der Waals surface area contributed by atoms with Gasteiger partial charge < -0.3 is 0 Å². The van der Waals surface area contributed by atoms with E-state index in [2.05, 4.69) is 10.1 Å². The highest BCUT2D eigenvalue weighted by Gasteiger charge is 2.15. The lowest BCUT2D eigenvalue weighted by Gasteiger charge is -2.07. The van der Waals surface area contributed by atoms with Gasteiger partial charge in [0.2, 0.25) is 5.82 Å². The van der Waals surface area contributed by atoms with Crippen molar-refractivity contribution in [1.29, 1.82) is 0 Å². The lowest BCUT2D eigenvalue weighted by molar-refractivity contribution is 0.111. The SMILES string of the molecule is O=Cc1nc(Cc2ccccc2)n(-c2ccc([SH](=O)=O)cc2F)n1. The summed E-state index contributed by atoms with van der Waals surface area (Å²) in [5, 5.41) is 3.98. The van der Waals surface area contributed by atoms with E-state index in [0.29, 0.717) is 18.5 Å². The quantitative estimate of drug-likeness (QED) is 0.563. The third kappa shape index (κ3) is 3.23. The maximum atomic E-state index is 14.3. The molecule has 0 atom stereocenters. The molecule has 0 fully saturated rings. The molecular formula is C16H12FN3O3S. The molecule has 0 saturated heterocycles. The van der Waals surface area contributed by atoms with Gasteiger partial charge in [-0.15, -0.1) is 5.10 Å². The highest BCUT2D eigenvalue weighted by atomic mass is 32.2. The molecule has 0 aliphatic heterocycles. The number of aldehydes is 1. The van der Waals surface area contributed by atoms with Gasteiger partial charge in [0.25, 0.3) is 0 Å². The topological polar surface area (TPSA) is 81.9 Å². The van der Waals surface area contributed by atoms with Crippen LogP contribution in [0.2, 0.25) is 0 Å². The highest BCUT2D eigenvalue weighted by Crippen LogP contribution is 2.18. The second kappa shape index (κ2) is 6.71. The fourth-order valence-electron chi connectivity index (χ4n) is 2.28. The molecule has 0 spiro atoms. The van der Waals surface area contributed by atoms with Gasteiger partial charge in [-0.3, -0.25) is 4.79 Å². The van der Waals surface area contributed by atoms with Crippen molar-refractivity contribution < 1.29 is 17.6 Å². The number of aromatic nitrogens is 3. The summed E-state index contributed by atoms with van der Waals surface area (Å²) in [7, 11) is -2.88. The molecule has 3 aromatic rings. The number of rotatable bonds is 5. The number of thiol groups is 1. The predicted molar refractivity (Wildman–Crippen MR) is 84.5 cm³/mol. The summed E-state index contributed by atoms with van der Waals surface area (Å²) in [5.74, 6) is -0.455. The van der Waals surface area contributed by atoms with Crippen LogP contribution in [0.15, 0.2) is 53.4 Å². The summed E-state index contributed by atoms with van der Waals surface area (Å²) >= 11 is 0. The molecular weight excluding hydrogens is 333 g/mol. The van der Waals surface area contributed by atoms with Crippen molar-refractivity contribution in [2.24, 2.45) is 0 Å². The molecule has 3 rings (SSSR count). The van der Waals surface area contributed by atoms with Crippen molar-refractivity contribution in [2.75, 3.05) is 0 Å². The molecule has 0 radical (unpaired) electrons. The number of hydrogen-bond donors (Lipinski definition) is 1. The Hall–Kier alpha value is -2.87. The molecule has 0 N–H and O–H groups in total. The Morgan fingerprint density at radius 3 is 2.50 bits per heavy atom. The summed E-state index contributed by atoms with van der Waals surface area (Å²) in [6, 6.07) is 12.8. The molecule has 0 amide bonds. The monoisotopic (exact) mass is 345 g/mol. The fraction of sp³-hybridized carbons (Fsp3) is 0.0625. The Labute approximate surface area is 138 Å². The van der Waals surface area contributed by atoms with Crippen molar-refractivity contribution in [3.63, 3.8) is 0 Å². The van der Waals surface area contributed by atoms with Crippen LogP contribution in [0.4, 0.5) is 4.39 Å². The Morgan fingerprint density at radius 1 is 1.12 bits per heavy atom. The molecule has 0 bridgehead atoms. The molecule has 0 aliphatic carbocycles. The molecule has 2 aromatic carbocycles. The van der Waals surface area contributed by atoms with Crippen LogP contribution in [0, 0.1) is 5.82 Å². The summed E-state index contributed by atoms with van der Waals surface area (Å²) in [6.45, 7) is 0. The summed E-state index contributed by atoms with van der Waals surface area (Å²) in [6.07, 6.45) is 0.824. The minimum atomic E-state index is -2.88. The van der Waals surface area contributed by atoms with Gasteiger partial charge in [0.1, 0.15) is 17.3 Å². The number of halogens is 1. The number of nitrogens with zero attached hydrogens (tertiary/aromatic N) is 3. The van der Waals surface area contributed by atoms with Crippen LogP contribution in [-0.2, 0) is 17.1 Å². The van der Waals surface area contributed by atoms with Crippen LogP contribution in [0.25, 0.3) is 5.69 Å². The van der Waals surface area contributed by atoms with Crippen LogP contribution >= 0.6 is 0 Å². The number of carbonyl (C=O) groups excluding carboxylic acids is 1. The van der Waals surface area contributed by atoms with Crippen LogP contribution in [0.3, 0.4) is 0 Å². The van der Waals surface area contributed by atoms with Crippen molar-refractivity contribution in [2.45, 2.75) is 11.3 Å². The fourth-order valence-corrected chi connectivity index (χ4v) is 2.69. The second-order valence-corrected chi connectivity index (χ2v) is 6.00. The van der Waals surface area contributed by atoms with Crippen molar-refractivity contribution in [3.8, 4) is 5.69 Å². The van der Waals surface area contributed by atoms with E-state index < -0.39 is 16.5 Å². The number of benzene rings is 2. The highest BCUT2D eigenvalue weighted by molar-refractivity contribution is 7.72. The molecule has 1 aromatic heterocycles. The van der Waals surface area contributed by atoms with Gasteiger partial charge in [0.15, 0.2) is 17.0 Å². The standard InChI is InChI=1S/C16H12FN3O3S/c17-13-9-12(24(22)23)6-7-14(13)20-16(18-15(10-21)19-20)8-11-4-2-1-3-5-11/h1-7,9-10,24H,8H2. The predicted octanol–water partition coefficient (Wildman–Crippen LogP) is 1.78. The van der Waals surface area contributed by atoms with Gasteiger partial charge in [-0.25, -0.2) is 22.5 Å². The van der Waals surface area contributed by atoms with Crippen LogP contribution < -0.4 is 0 Å². The maximum absolute atomic E-state index is 14.3. The summed E-state index contributed by atoms with van der Waals surface area (Å²) in [4.78, 5) is 14.9. The zero-order chi connectivity index (χ0) is 17.1. The van der Waals surface area contributed by atoms with Gasteiger partial charge >= 0.3 is 0 Å².